The smallest absolute Gasteiger partial charge is 0.407 e. The van der Waals surface area contributed by atoms with Crippen molar-refractivity contribution in [2.45, 2.75) is 11.4 Å². The highest BCUT2D eigenvalue weighted by Gasteiger charge is 2.04. The molecule has 1 aromatic carbocycles. The van der Waals surface area contributed by atoms with Gasteiger partial charge in [-0.05, 0) is 5.56 Å². The quantitative estimate of drug-likeness (QED) is 0.832. The molecule has 0 saturated heterocycles. The molecule has 0 saturated carbocycles. The van der Waals surface area contributed by atoms with Gasteiger partial charge in [0.15, 0.2) is 0 Å². The van der Waals surface area contributed by atoms with Crippen LogP contribution in [0, 0.1) is 0 Å². The largest absolute Gasteiger partial charge is 0.445 e. The molecule has 0 radical (unpaired) electrons. The van der Waals surface area contributed by atoms with Crippen LogP contribution in [0.4, 0.5) is 4.79 Å². The zero-order chi connectivity index (χ0) is 11.1. The Hall–Kier alpha value is -0.930. The number of alkyl carbamates (subject to hydrolysis) is 1. The Balaban J connectivity index is 2.23. The van der Waals surface area contributed by atoms with Crippen molar-refractivity contribution in [2.75, 3.05) is 6.54 Å². The van der Waals surface area contributed by atoms with Crippen molar-refractivity contribution in [1.29, 1.82) is 0 Å². The number of halogens is 2. The molecule has 1 N–H and O–H groups in total. The van der Waals surface area contributed by atoms with E-state index < -0.39 is 10.9 Å². The number of hydrogen-bond acceptors (Lipinski definition) is 2. The number of carbonyl (C=O) groups excluding carboxylic acids is 1. The summed E-state index contributed by atoms with van der Waals surface area (Å²) in [4.78, 5) is 10.5. The zero-order valence-electron chi connectivity index (χ0n) is 7.95. The van der Waals surface area contributed by atoms with Crippen LogP contribution in [0.25, 0.3) is 0 Å². The lowest BCUT2D eigenvalue weighted by Crippen LogP contribution is -2.28. The molecule has 1 amide bonds. The second-order valence-corrected chi connectivity index (χ2v) is 4.11. The molecule has 0 aromatic heterocycles. The van der Waals surface area contributed by atoms with Gasteiger partial charge in [-0.15, -0.1) is 23.2 Å². The maximum atomic E-state index is 11.1. The number of rotatable bonds is 4. The van der Waals surface area contributed by atoms with Crippen molar-refractivity contribution in [3.63, 3.8) is 0 Å². The minimum atomic E-state index is -0.616. The fourth-order valence-corrected chi connectivity index (χ4v) is 1.09. The summed E-state index contributed by atoms with van der Waals surface area (Å²) < 4.78 is 4.91. The monoisotopic (exact) mass is 247 g/mol. The van der Waals surface area contributed by atoms with Crippen LogP contribution in [0.5, 0.6) is 0 Å². The molecule has 5 heteroatoms. The first-order valence-corrected chi connectivity index (χ1v) is 5.28. The molecule has 82 valence electrons. The molecule has 1 rings (SSSR count). The fourth-order valence-electron chi connectivity index (χ4n) is 0.935. The Morgan fingerprint density at radius 2 is 2.00 bits per heavy atom. The molecule has 0 atom stereocenters. The number of amides is 1. The Labute approximate surface area is 98.3 Å². The molecular formula is C10H11Cl2NO2. The molecule has 0 aliphatic heterocycles. The van der Waals surface area contributed by atoms with Gasteiger partial charge in [-0.1, -0.05) is 30.3 Å². The number of ether oxygens (including phenoxy) is 1. The lowest BCUT2D eigenvalue weighted by atomic mass is 10.2. The van der Waals surface area contributed by atoms with E-state index in [2.05, 4.69) is 5.32 Å². The van der Waals surface area contributed by atoms with Gasteiger partial charge in [-0.3, -0.25) is 0 Å². The first-order chi connectivity index (χ1) is 7.18. The normalized spacial score (nSPS) is 10.1. The van der Waals surface area contributed by atoms with Crippen molar-refractivity contribution in [1.82, 2.24) is 5.32 Å². The van der Waals surface area contributed by atoms with Gasteiger partial charge in [0, 0.05) is 0 Å². The molecule has 0 unspecified atom stereocenters. The van der Waals surface area contributed by atoms with Crippen LogP contribution in [0.2, 0.25) is 0 Å². The number of hydrogen-bond donors (Lipinski definition) is 1. The highest BCUT2D eigenvalue weighted by molar-refractivity contribution is 6.44. The van der Waals surface area contributed by atoms with E-state index in [9.17, 15) is 4.79 Å². The standard InChI is InChI=1S/C10H11Cl2NO2/c11-9(12)6-13-10(14)15-7-8-4-2-1-3-5-8/h1-5,9H,6-7H2,(H,13,14). The molecule has 0 aliphatic carbocycles. The first-order valence-electron chi connectivity index (χ1n) is 4.41. The molecule has 15 heavy (non-hydrogen) atoms. The third-order valence-electron chi connectivity index (χ3n) is 1.61. The lowest BCUT2D eigenvalue weighted by Gasteiger charge is -2.06. The minimum absolute atomic E-state index is 0.177. The summed E-state index contributed by atoms with van der Waals surface area (Å²) in [5.41, 5.74) is 0.931. The van der Waals surface area contributed by atoms with Crippen LogP contribution in [-0.2, 0) is 11.3 Å². The third kappa shape index (κ3) is 5.50. The Morgan fingerprint density at radius 1 is 1.33 bits per heavy atom. The van der Waals surface area contributed by atoms with E-state index in [1.807, 2.05) is 30.3 Å². The fraction of sp³-hybridized carbons (Fsp3) is 0.300. The number of nitrogens with one attached hydrogen (secondary N) is 1. The summed E-state index contributed by atoms with van der Waals surface area (Å²) in [6.07, 6.45) is -0.523. The van der Waals surface area contributed by atoms with Crippen LogP contribution in [0.1, 0.15) is 5.56 Å². The average Bonchev–Trinajstić information content (AvgIpc) is 2.25. The minimum Gasteiger partial charge on any atom is -0.445 e. The predicted octanol–water partition coefficient (Wildman–Crippen LogP) is 2.72. The van der Waals surface area contributed by atoms with Crippen LogP contribution in [0.3, 0.4) is 0 Å². The van der Waals surface area contributed by atoms with Crippen molar-refractivity contribution in [3.8, 4) is 0 Å². The van der Waals surface area contributed by atoms with E-state index in [-0.39, 0.29) is 13.2 Å². The Kier molecular flexibility index (Phi) is 5.29. The van der Waals surface area contributed by atoms with Crippen molar-refractivity contribution < 1.29 is 9.53 Å². The summed E-state index contributed by atoms with van der Waals surface area (Å²) in [7, 11) is 0. The average molecular weight is 248 g/mol. The summed E-state index contributed by atoms with van der Waals surface area (Å²) in [6.45, 7) is 0.415. The molecule has 0 spiro atoms. The third-order valence-corrected chi connectivity index (χ3v) is 1.92. The maximum absolute atomic E-state index is 11.1. The molecular weight excluding hydrogens is 237 g/mol. The molecule has 0 bridgehead atoms. The van der Waals surface area contributed by atoms with Crippen LogP contribution >= 0.6 is 23.2 Å². The van der Waals surface area contributed by atoms with Crippen molar-refractivity contribution in [2.24, 2.45) is 0 Å². The van der Waals surface area contributed by atoms with Gasteiger partial charge < -0.3 is 10.1 Å². The molecule has 0 heterocycles. The zero-order valence-corrected chi connectivity index (χ0v) is 9.46. The van der Waals surface area contributed by atoms with Crippen molar-refractivity contribution >= 4 is 29.3 Å². The number of alkyl halides is 2. The van der Waals surface area contributed by atoms with E-state index in [1.165, 1.54) is 0 Å². The molecule has 1 aromatic rings. The summed E-state index contributed by atoms with van der Waals surface area (Å²) in [5, 5.41) is 2.43. The second kappa shape index (κ2) is 6.53. The van der Waals surface area contributed by atoms with Gasteiger partial charge in [0.05, 0.1) is 6.54 Å². The van der Waals surface area contributed by atoms with E-state index in [4.69, 9.17) is 27.9 Å². The maximum Gasteiger partial charge on any atom is 0.407 e. The van der Waals surface area contributed by atoms with Gasteiger partial charge in [0.2, 0.25) is 0 Å². The van der Waals surface area contributed by atoms with E-state index >= 15 is 0 Å². The molecule has 0 fully saturated rings. The first kappa shape index (κ1) is 12.1. The number of benzene rings is 1. The van der Waals surface area contributed by atoms with E-state index in [1.54, 1.807) is 0 Å². The predicted molar refractivity (Wildman–Crippen MR) is 60.1 cm³/mol. The number of carbonyl (C=O) groups is 1. The van der Waals surface area contributed by atoms with Gasteiger partial charge in [0.25, 0.3) is 0 Å². The molecule has 3 nitrogen and oxygen atoms in total. The Bertz CT molecular complexity index is 304. The lowest BCUT2D eigenvalue weighted by molar-refractivity contribution is 0.140. The summed E-state index contributed by atoms with van der Waals surface area (Å²) in [5.74, 6) is 0. The topological polar surface area (TPSA) is 38.3 Å². The van der Waals surface area contributed by atoms with Crippen LogP contribution in [0.15, 0.2) is 30.3 Å². The van der Waals surface area contributed by atoms with Gasteiger partial charge in [-0.2, -0.15) is 0 Å². The van der Waals surface area contributed by atoms with Gasteiger partial charge >= 0.3 is 6.09 Å². The highest BCUT2D eigenvalue weighted by Crippen LogP contribution is 2.01. The molecule has 0 aliphatic rings. The van der Waals surface area contributed by atoms with Gasteiger partial charge in [-0.25, -0.2) is 4.79 Å². The Morgan fingerprint density at radius 3 is 2.60 bits per heavy atom. The van der Waals surface area contributed by atoms with Crippen LogP contribution in [-0.4, -0.2) is 17.5 Å². The SMILES string of the molecule is O=C(NCC(Cl)Cl)OCc1ccccc1. The summed E-state index contributed by atoms with van der Waals surface area (Å²) in [6, 6.07) is 9.40. The van der Waals surface area contributed by atoms with Crippen LogP contribution < -0.4 is 5.32 Å². The van der Waals surface area contributed by atoms with E-state index in [0.717, 1.165) is 5.56 Å². The van der Waals surface area contributed by atoms with Crippen molar-refractivity contribution in [3.05, 3.63) is 35.9 Å². The second-order valence-electron chi connectivity index (χ2n) is 2.83. The summed E-state index contributed by atoms with van der Waals surface area (Å²) >= 11 is 10.9. The van der Waals surface area contributed by atoms with Gasteiger partial charge in [0.1, 0.15) is 11.4 Å². The highest BCUT2D eigenvalue weighted by atomic mass is 35.5. The van der Waals surface area contributed by atoms with E-state index in [0.29, 0.717) is 0 Å².